The summed E-state index contributed by atoms with van der Waals surface area (Å²) < 4.78 is 9.60. The number of aliphatic hydroxyl groups excluding tert-OH is 1. The third kappa shape index (κ3) is 9.35. The van der Waals surface area contributed by atoms with Crippen molar-refractivity contribution in [2.45, 2.75) is 0 Å². The van der Waals surface area contributed by atoms with Crippen molar-refractivity contribution in [3.8, 4) is 0 Å². The number of amides is 1. The van der Waals surface area contributed by atoms with E-state index in [1.54, 1.807) is 0 Å². The molecule has 66 valence electrons. The van der Waals surface area contributed by atoms with E-state index in [2.05, 4.69) is 0 Å². The first-order valence-electron chi connectivity index (χ1n) is 3.32. The third-order valence-corrected chi connectivity index (χ3v) is 0.852. The SMILES string of the molecule is NC(=O)COCCOCCO. The monoisotopic (exact) mass is 163 g/mol. The second kappa shape index (κ2) is 7.46. The van der Waals surface area contributed by atoms with Gasteiger partial charge in [0.25, 0.3) is 0 Å². The van der Waals surface area contributed by atoms with Gasteiger partial charge in [-0.3, -0.25) is 4.79 Å². The summed E-state index contributed by atoms with van der Waals surface area (Å²) in [5.74, 6) is -0.493. The summed E-state index contributed by atoms with van der Waals surface area (Å²) in [6.45, 7) is 0.898. The van der Waals surface area contributed by atoms with Gasteiger partial charge in [-0.1, -0.05) is 0 Å². The molecule has 0 aromatic carbocycles. The molecule has 0 atom stereocenters. The Bertz CT molecular complexity index is 107. The topological polar surface area (TPSA) is 81.8 Å². The molecule has 0 aromatic rings. The summed E-state index contributed by atoms with van der Waals surface area (Å²) in [6.07, 6.45) is 0. The fourth-order valence-electron chi connectivity index (χ4n) is 0.457. The molecule has 0 radical (unpaired) electrons. The number of hydrogen-bond donors (Lipinski definition) is 2. The minimum absolute atomic E-state index is 0.00415. The Balaban J connectivity index is 2.85. The highest BCUT2D eigenvalue weighted by Gasteiger charge is 1.92. The predicted octanol–water partition coefficient (Wildman–Crippen LogP) is -1.50. The van der Waals surface area contributed by atoms with Crippen LogP contribution in [0.25, 0.3) is 0 Å². The van der Waals surface area contributed by atoms with Gasteiger partial charge in [-0.25, -0.2) is 0 Å². The molecule has 0 bridgehead atoms. The lowest BCUT2D eigenvalue weighted by atomic mass is 10.6. The van der Waals surface area contributed by atoms with Crippen LogP contribution >= 0.6 is 0 Å². The first-order valence-corrected chi connectivity index (χ1v) is 3.32. The molecule has 0 unspecified atom stereocenters. The summed E-state index contributed by atoms with van der Waals surface area (Å²) in [7, 11) is 0. The molecule has 0 aliphatic rings. The van der Waals surface area contributed by atoms with Gasteiger partial charge in [0.05, 0.1) is 26.4 Å². The smallest absolute Gasteiger partial charge is 0.243 e. The van der Waals surface area contributed by atoms with Gasteiger partial charge < -0.3 is 20.3 Å². The standard InChI is InChI=1S/C6H13NO4/c7-6(9)5-11-4-3-10-2-1-8/h8H,1-5H2,(H2,7,9). The first kappa shape index (κ1) is 10.3. The fourth-order valence-corrected chi connectivity index (χ4v) is 0.457. The average molecular weight is 163 g/mol. The van der Waals surface area contributed by atoms with Crippen molar-refractivity contribution in [1.29, 1.82) is 0 Å². The van der Waals surface area contributed by atoms with Gasteiger partial charge in [0.15, 0.2) is 0 Å². The van der Waals surface area contributed by atoms with Gasteiger partial charge in [-0.2, -0.15) is 0 Å². The van der Waals surface area contributed by atoms with Gasteiger partial charge in [0.2, 0.25) is 5.91 Å². The van der Waals surface area contributed by atoms with E-state index < -0.39 is 5.91 Å². The van der Waals surface area contributed by atoms with Gasteiger partial charge >= 0.3 is 0 Å². The van der Waals surface area contributed by atoms with Crippen molar-refractivity contribution in [3.63, 3.8) is 0 Å². The van der Waals surface area contributed by atoms with Crippen LogP contribution in [0, 0.1) is 0 Å². The van der Waals surface area contributed by atoms with E-state index >= 15 is 0 Å². The quantitative estimate of drug-likeness (QED) is 0.447. The lowest BCUT2D eigenvalue weighted by Crippen LogP contribution is -2.19. The maximum atomic E-state index is 10.1. The van der Waals surface area contributed by atoms with Crippen molar-refractivity contribution in [3.05, 3.63) is 0 Å². The zero-order valence-corrected chi connectivity index (χ0v) is 6.28. The first-order chi connectivity index (χ1) is 5.27. The summed E-state index contributed by atoms with van der Waals surface area (Å²) in [6, 6.07) is 0. The summed E-state index contributed by atoms with van der Waals surface area (Å²) in [5, 5.41) is 8.27. The molecular weight excluding hydrogens is 150 g/mol. The number of rotatable bonds is 7. The van der Waals surface area contributed by atoms with Crippen LogP contribution in [0.1, 0.15) is 0 Å². The Morgan fingerprint density at radius 1 is 1.27 bits per heavy atom. The Morgan fingerprint density at radius 3 is 2.45 bits per heavy atom. The van der Waals surface area contributed by atoms with E-state index in [1.165, 1.54) is 0 Å². The number of carbonyl (C=O) groups is 1. The number of nitrogens with two attached hydrogens (primary N) is 1. The molecule has 3 N–H and O–H groups in total. The van der Waals surface area contributed by atoms with Gasteiger partial charge in [0.1, 0.15) is 6.61 Å². The number of hydrogen-bond acceptors (Lipinski definition) is 4. The second-order valence-electron chi connectivity index (χ2n) is 1.85. The molecule has 0 heterocycles. The molecule has 0 saturated heterocycles. The van der Waals surface area contributed by atoms with E-state index in [1.807, 2.05) is 0 Å². The molecule has 0 spiro atoms. The zero-order valence-electron chi connectivity index (χ0n) is 6.28. The van der Waals surface area contributed by atoms with Crippen LogP contribution in [0.4, 0.5) is 0 Å². The number of aliphatic hydroxyl groups is 1. The van der Waals surface area contributed by atoms with Crippen molar-refractivity contribution >= 4 is 5.91 Å². The van der Waals surface area contributed by atoms with Crippen molar-refractivity contribution < 1.29 is 19.4 Å². The number of ether oxygens (including phenoxy) is 2. The maximum absolute atomic E-state index is 10.1. The highest BCUT2D eigenvalue weighted by atomic mass is 16.5. The zero-order chi connectivity index (χ0) is 8.53. The van der Waals surface area contributed by atoms with Crippen LogP contribution in [0.15, 0.2) is 0 Å². The second-order valence-corrected chi connectivity index (χ2v) is 1.85. The van der Waals surface area contributed by atoms with Crippen LogP contribution < -0.4 is 5.73 Å². The maximum Gasteiger partial charge on any atom is 0.243 e. The van der Waals surface area contributed by atoms with Crippen LogP contribution in [0.2, 0.25) is 0 Å². The van der Waals surface area contributed by atoms with Gasteiger partial charge in [-0.15, -0.1) is 0 Å². The molecule has 0 aliphatic carbocycles. The van der Waals surface area contributed by atoms with Crippen LogP contribution in [0.3, 0.4) is 0 Å². The number of carbonyl (C=O) groups excluding carboxylic acids is 1. The molecule has 0 rings (SSSR count). The average Bonchev–Trinajstić information content (AvgIpc) is 1.96. The molecule has 1 amide bonds. The fraction of sp³-hybridized carbons (Fsp3) is 0.833. The Hall–Kier alpha value is -0.650. The van der Waals surface area contributed by atoms with Gasteiger partial charge in [0, 0.05) is 0 Å². The van der Waals surface area contributed by atoms with Crippen LogP contribution in [-0.4, -0.2) is 44.0 Å². The van der Waals surface area contributed by atoms with Gasteiger partial charge in [-0.05, 0) is 0 Å². The molecule has 0 fully saturated rings. The Labute approximate surface area is 65.1 Å². The highest BCUT2D eigenvalue weighted by molar-refractivity contribution is 5.74. The Kier molecular flexibility index (Phi) is 7.02. The number of primary amides is 1. The minimum atomic E-state index is -0.493. The Morgan fingerprint density at radius 2 is 1.91 bits per heavy atom. The molecule has 0 aromatic heterocycles. The molecule has 0 saturated carbocycles. The van der Waals surface area contributed by atoms with E-state index in [0.29, 0.717) is 19.8 Å². The molecule has 11 heavy (non-hydrogen) atoms. The van der Waals surface area contributed by atoms with E-state index in [-0.39, 0.29) is 13.2 Å². The summed E-state index contributed by atoms with van der Waals surface area (Å²) in [5.41, 5.74) is 4.79. The molecular formula is C6H13NO4. The highest BCUT2D eigenvalue weighted by Crippen LogP contribution is 1.76. The van der Waals surface area contributed by atoms with Crippen molar-refractivity contribution in [2.24, 2.45) is 5.73 Å². The van der Waals surface area contributed by atoms with E-state index in [9.17, 15) is 4.79 Å². The minimum Gasteiger partial charge on any atom is -0.394 e. The molecule has 0 aliphatic heterocycles. The van der Waals surface area contributed by atoms with E-state index in [4.69, 9.17) is 20.3 Å². The van der Waals surface area contributed by atoms with E-state index in [0.717, 1.165) is 0 Å². The lowest BCUT2D eigenvalue weighted by Gasteiger charge is -2.01. The normalized spacial score (nSPS) is 9.91. The lowest BCUT2D eigenvalue weighted by molar-refractivity contribution is -0.123. The van der Waals surface area contributed by atoms with Crippen LogP contribution in [0.5, 0.6) is 0 Å². The van der Waals surface area contributed by atoms with Crippen molar-refractivity contribution in [2.75, 3.05) is 33.0 Å². The predicted molar refractivity (Wildman–Crippen MR) is 37.9 cm³/mol. The summed E-state index contributed by atoms with van der Waals surface area (Å²) in [4.78, 5) is 10.1. The van der Waals surface area contributed by atoms with Crippen molar-refractivity contribution in [1.82, 2.24) is 0 Å². The van der Waals surface area contributed by atoms with Crippen LogP contribution in [-0.2, 0) is 14.3 Å². The summed E-state index contributed by atoms with van der Waals surface area (Å²) >= 11 is 0. The molecule has 5 nitrogen and oxygen atoms in total. The third-order valence-electron chi connectivity index (χ3n) is 0.852. The molecule has 5 heteroatoms. The largest absolute Gasteiger partial charge is 0.394 e.